The number of sulfone groups is 1. The van der Waals surface area contributed by atoms with E-state index < -0.39 is 15.1 Å². The van der Waals surface area contributed by atoms with Crippen molar-refractivity contribution in [2.45, 2.75) is 30.6 Å². The van der Waals surface area contributed by atoms with Crippen molar-refractivity contribution >= 4 is 15.5 Å². The lowest BCUT2D eigenvalue weighted by molar-refractivity contribution is 0.0995. The van der Waals surface area contributed by atoms with Crippen molar-refractivity contribution in [1.29, 1.82) is 0 Å². The van der Waals surface area contributed by atoms with Gasteiger partial charge in [0.2, 0.25) is 0 Å². The molecular weight excluding hydrogens is 439 g/mol. The average Bonchev–Trinajstić information content (AvgIpc) is 3.34. The van der Waals surface area contributed by atoms with Crippen LogP contribution in [0.1, 0.15) is 53.1 Å². The quantitative estimate of drug-likeness (QED) is 0.393. The Morgan fingerprint density at radius 3 is 2.45 bits per heavy atom. The number of hydrogen-bond donors (Lipinski definition) is 0. The van der Waals surface area contributed by atoms with Crippen LogP contribution in [0.2, 0.25) is 0 Å². The number of fused-ring (bicyclic) bond motifs is 3. The number of aromatic nitrogens is 2. The van der Waals surface area contributed by atoms with E-state index in [1.54, 1.807) is 44.5 Å². The average molecular weight is 465 g/mol. The van der Waals surface area contributed by atoms with Crippen LogP contribution in [0.4, 0.5) is 4.39 Å². The maximum Gasteiger partial charge on any atom is 0.154 e. The van der Waals surface area contributed by atoms with E-state index in [4.69, 9.17) is 9.72 Å². The van der Waals surface area contributed by atoms with Gasteiger partial charge < -0.3 is 9.14 Å². The summed E-state index contributed by atoms with van der Waals surface area (Å²) in [5.41, 5.74) is 5.38. The summed E-state index contributed by atoms with van der Waals surface area (Å²) in [6.45, 7) is 1.65. The summed E-state index contributed by atoms with van der Waals surface area (Å²) >= 11 is 0. The summed E-state index contributed by atoms with van der Waals surface area (Å²) in [5, 5.41) is -0.617. The predicted molar refractivity (Wildman–Crippen MR) is 126 cm³/mol. The fourth-order valence-electron chi connectivity index (χ4n) is 4.70. The maximum atomic E-state index is 15.1. The number of ether oxygens (including phenoxy) is 1. The molecule has 0 aliphatic heterocycles. The molecule has 0 amide bonds. The molecule has 0 bridgehead atoms. The van der Waals surface area contributed by atoms with Crippen LogP contribution in [0.25, 0.3) is 16.8 Å². The number of methoxy groups -OCH3 is 1. The highest BCUT2D eigenvalue weighted by atomic mass is 32.2. The summed E-state index contributed by atoms with van der Waals surface area (Å²) in [6.07, 6.45) is 3.65. The van der Waals surface area contributed by atoms with E-state index in [1.165, 1.54) is 17.9 Å². The first-order valence-electron chi connectivity index (χ1n) is 10.9. The number of nitrogens with zero attached hydrogens (tertiary/aromatic N) is 2. The fraction of sp³-hybridized carbons (Fsp3) is 0.269. The normalized spacial score (nSPS) is 19.0. The minimum absolute atomic E-state index is 0.0949. The molecule has 5 rings (SSSR count). The van der Waals surface area contributed by atoms with Gasteiger partial charge in [0.05, 0.1) is 16.6 Å². The second kappa shape index (κ2) is 8.08. The molecule has 170 valence electrons. The molecule has 0 radical (unpaired) electrons. The smallest absolute Gasteiger partial charge is 0.154 e. The molecule has 1 unspecified atom stereocenters. The van der Waals surface area contributed by atoms with Gasteiger partial charge in [-0.2, -0.15) is 0 Å². The Hall–Kier alpha value is -3.03. The van der Waals surface area contributed by atoms with Crippen LogP contribution in [0.15, 0.2) is 66.9 Å². The van der Waals surface area contributed by atoms with E-state index in [9.17, 15) is 8.42 Å². The molecule has 0 fully saturated rings. The van der Waals surface area contributed by atoms with Crippen molar-refractivity contribution in [3.63, 3.8) is 0 Å². The molecule has 0 N–H and O–H groups in total. The van der Waals surface area contributed by atoms with Crippen LogP contribution in [-0.2, 0) is 14.6 Å². The van der Waals surface area contributed by atoms with Crippen LogP contribution in [0.3, 0.4) is 0 Å². The van der Waals surface area contributed by atoms with Gasteiger partial charge in [0.15, 0.2) is 9.84 Å². The molecule has 3 atom stereocenters. The van der Waals surface area contributed by atoms with Crippen LogP contribution in [-0.4, -0.2) is 31.2 Å². The topological polar surface area (TPSA) is 60.7 Å². The van der Waals surface area contributed by atoms with Crippen molar-refractivity contribution in [2.24, 2.45) is 0 Å². The van der Waals surface area contributed by atoms with E-state index in [0.29, 0.717) is 22.3 Å². The van der Waals surface area contributed by atoms with Gasteiger partial charge in [-0.05, 0) is 30.0 Å². The third kappa shape index (κ3) is 3.75. The Labute approximate surface area is 192 Å². The van der Waals surface area contributed by atoms with E-state index >= 15 is 4.39 Å². The minimum Gasteiger partial charge on any atom is -0.375 e. The van der Waals surface area contributed by atoms with Gasteiger partial charge in [-0.1, -0.05) is 54.6 Å². The highest BCUT2D eigenvalue weighted by Gasteiger charge is 2.37. The van der Waals surface area contributed by atoms with Crippen molar-refractivity contribution in [2.75, 3.05) is 13.4 Å². The molecule has 7 heteroatoms. The largest absolute Gasteiger partial charge is 0.375 e. The predicted octanol–water partition coefficient (Wildman–Crippen LogP) is 5.47. The van der Waals surface area contributed by atoms with Gasteiger partial charge in [-0.15, -0.1) is 0 Å². The molecular formula is C26H25FN2O3S. The number of halogens is 1. The number of imidazole rings is 1. The summed E-state index contributed by atoms with van der Waals surface area (Å²) in [6, 6.07) is 18.7. The van der Waals surface area contributed by atoms with Crippen molar-refractivity contribution in [3.8, 4) is 11.1 Å². The standard InChI is InChI=1S/C26H25FN2O3S/c1-16(33(3,30)31)17-9-11-19(12-10-17)21-15-29-24(14-22(21)27)28-25-23(32-2)13-20(26(25)29)18-7-5-4-6-8-18/h4-12,14-16,20,23H,13H2,1-3H3/t16?,20-,23-/m1/s1. The second-order valence-electron chi connectivity index (χ2n) is 8.66. The number of hydrogen-bond acceptors (Lipinski definition) is 4. The Bertz CT molecular complexity index is 1430. The third-order valence-electron chi connectivity index (χ3n) is 6.68. The Kier molecular flexibility index (Phi) is 5.34. The Balaban J connectivity index is 1.62. The van der Waals surface area contributed by atoms with Gasteiger partial charge >= 0.3 is 0 Å². The van der Waals surface area contributed by atoms with Crippen molar-refractivity contribution in [1.82, 2.24) is 9.38 Å². The van der Waals surface area contributed by atoms with Crippen LogP contribution < -0.4 is 0 Å². The maximum absolute atomic E-state index is 15.1. The van der Waals surface area contributed by atoms with Gasteiger partial charge in [-0.3, -0.25) is 0 Å². The summed E-state index contributed by atoms with van der Waals surface area (Å²) in [5.74, 6) is -0.280. The monoisotopic (exact) mass is 464 g/mol. The number of pyridine rings is 1. The molecule has 2 aromatic heterocycles. The first-order valence-corrected chi connectivity index (χ1v) is 12.8. The summed E-state index contributed by atoms with van der Waals surface area (Å²) < 4.78 is 46.6. The van der Waals surface area contributed by atoms with E-state index in [2.05, 4.69) is 12.1 Å². The number of benzene rings is 2. The first kappa shape index (κ1) is 21.8. The highest BCUT2D eigenvalue weighted by molar-refractivity contribution is 7.90. The van der Waals surface area contributed by atoms with E-state index in [-0.39, 0.29) is 17.8 Å². The molecule has 0 saturated carbocycles. The highest BCUT2D eigenvalue weighted by Crippen LogP contribution is 2.46. The zero-order valence-electron chi connectivity index (χ0n) is 18.7. The van der Waals surface area contributed by atoms with Crippen molar-refractivity contribution in [3.05, 3.63) is 95.2 Å². The van der Waals surface area contributed by atoms with E-state index in [0.717, 1.165) is 17.8 Å². The fourth-order valence-corrected chi connectivity index (χ4v) is 5.35. The molecule has 2 heterocycles. The Morgan fingerprint density at radius 1 is 1.12 bits per heavy atom. The van der Waals surface area contributed by atoms with Gasteiger partial charge in [0.1, 0.15) is 17.6 Å². The van der Waals surface area contributed by atoms with Gasteiger partial charge in [-0.25, -0.2) is 17.8 Å². The molecule has 5 nitrogen and oxygen atoms in total. The molecule has 33 heavy (non-hydrogen) atoms. The third-order valence-corrected chi connectivity index (χ3v) is 8.24. The van der Waals surface area contributed by atoms with Crippen LogP contribution >= 0.6 is 0 Å². The van der Waals surface area contributed by atoms with E-state index in [1.807, 2.05) is 22.6 Å². The molecule has 0 saturated heterocycles. The van der Waals surface area contributed by atoms with Gasteiger partial charge in [0.25, 0.3) is 0 Å². The molecule has 1 aliphatic carbocycles. The SMILES string of the molecule is CO[C@@H]1C[C@H](c2ccccc2)c2c1nc1cc(F)c(-c3ccc(C(C)S(C)(=O)=O)cc3)cn21. The van der Waals surface area contributed by atoms with Crippen LogP contribution in [0, 0.1) is 5.82 Å². The number of rotatable bonds is 5. The van der Waals surface area contributed by atoms with Crippen LogP contribution in [0.5, 0.6) is 0 Å². The second-order valence-corrected chi connectivity index (χ2v) is 11.0. The molecule has 1 aliphatic rings. The minimum atomic E-state index is -3.21. The van der Waals surface area contributed by atoms with Gasteiger partial charge in [0, 0.05) is 37.1 Å². The molecule has 2 aromatic carbocycles. The lowest BCUT2D eigenvalue weighted by Crippen LogP contribution is -2.07. The molecule has 0 spiro atoms. The summed E-state index contributed by atoms with van der Waals surface area (Å²) in [4.78, 5) is 4.71. The lowest BCUT2D eigenvalue weighted by atomic mass is 9.96. The Morgan fingerprint density at radius 2 is 1.82 bits per heavy atom. The lowest BCUT2D eigenvalue weighted by Gasteiger charge is -2.15. The zero-order chi connectivity index (χ0) is 23.3. The summed E-state index contributed by atoms with van der Waals surface area (Å²) in [7, 11) is -1.53. The first-order chi connectivity index (χ1) is 15.8. The molecule has 4 aromatic rings. The van der Waals surface area contributed by atoms with Crippen molar-refractivity contribution < 1.29 is 17.5 Å². The zero-order valence-corrected chi connectivity index (χ0v) is 19.5.